The molecule has 5 rings (SSSR count). The lowest BCUT2D eigenvalue weighted by Gasteiger charge is -2.32. The number of halogens is 1. The molecule has 2 aromatic carbocycles. The predicted octanol–water partition coefficient (Wildman–Crippen LogP) is 4.16. The number of nitrogens with zero attached hydrogens (tertiary/aromatic N) is 5. The molecule has 0 atom stereocenters. The number of rotatable bonds is 8. The van der Waals surface area contributed by atoms with Crippen LogP contribution in [0, 0.1) is 19.7 Å². The molecule has 2 aromatic heterocycles. The van der Waals surface area contributed by atoms with Gasteiger partial charge in [0, 0.05) is 55.6 Å². The standard InChI is InChI=1S/C28H31FN6O3/c1-19-5-4-6-21(15-19)27(36)32-22-7-8-24(23(29)16-22)38-28-26-20(2)25(17-35(26)31-18-30-28)37-14-13-34-11-9-33(3)10-12-34/h4-8,15-18H,9-14H2,1-3H3,(H,32,36). The first kappa shape index (κ1) is 25.6. The number of aryl methyl sites for hydroxylation is 2. The zero-order valence-corrected chi connectivity index (χ0v) is 21.8. The molecule has 4 aromatic rings. The quantitative estimate of drug-likeness (QED) is 0.375. The smallest absolute Gasteiger partial charge is 0.255 e. The maximum absolute atomic E-state index is 15.0. The summed E-state index contributed by atoms with van der Waals surface area (Å²) in [6.07, 6.45) is 3.13. The van der Waals surface area contributed by atoms with Crippen molar-refractivity contribution in [2.45, 2.75) is 13.8 Å². The lowest BCUT2D eigenvalue weighted by Crippen LogP contribution is -2.45. The fraction of sp³-hybridized carbons (Fsp3) is 0.321. The van der Waals surface area contributed by atoms with Crippen LogP contribution in [0.15, 0.2) is 55.0 Å². The molecule has 0 aliphatic carbocycles. The minimum atomic E-state index is -0.628. The number of benzene rings is 2. The van der Waals surface area contributed by atoms with Gasteiger partial charge in [-0.1, -0.05) is 17.7 Å². The monoisotopic (exact) mass is 518 g/mol. The minimum absolute atomic E-state index is 0.0164. The largest absolute Gasteiger partial charge is 0.490 e. The highest BCUT2D eigenvalue weighted by Gasteiger charge is 2.18. The van der Waals surface area contributed by atoms with Crippen molar-refractivity contribution in [3.63, 3.8) is 0 Å². The van der Waals surface area contributed by atoms with Crippen LogP contribution in [0.25, 0.3) is 5.52 Å². The van der Waals surface area contributed by atoms with Crippen LogP contribution in [0.3, 0.4) is 0 Å². The summed E-state index contributed by atoms with van der Waals surface area (Å²) in [4.78, 5) is 21.5. The van der Waals surface area contributed by atoms with E-state index in [1.54, 1.807) is 35.0 Å². The SMILES string of the molecule is Cc1cccc(C(=O)Nc2ccc(Oc3ncnn4cc(OCCN5CCN(C)CC5)c(C)c34)c(F)c2)c1. The molecule has 38 heavy (non-hydrogen) atoms. The Bertz CT molecular complexity index is 1450. The minimum Gasteiger partial charge on any atom is -0.490 e. The number of aromatic nitrogens is 3. The molecule has 198 valence electrons. The second-order valence-electron chi connectivity index (χ2n) is 9.54. The van der Waals surface area contributed by atoms with Crippen molar-refractivity contribution >= 4 is 17.1 Å². The van der Waals surface area contributed by atoms with Gasteiger partial charge in [-0.25, -0.2) is 8.91 Å². The van der Waals surface area contributed by atoms with Crippen molar-refractivity contribution in [2.75, 3.05) is 51.7 Å². The van der Waals surface area contributed by atoms with E-state index in [9.17, 15) is 9.18 Å². The highest BCUT2D eigenvalue weighted by atomic mass is 19.1. The van der Waals surface area contributed by atoms with E-state index in [1.807, 2.05) is 19.9 Å². The molecule has 1 aliphatic heterocycles. The summed E-state index contributed by atoms with van der Waals surface area (Å²) in [5, 5.41) is 6.98. The average molecular weight is 519 g/mol. The van der Waals surface area contributed by atoms with Crippen LogP contribution in [0.1, 0.15) is 21.5 Å². The number of amides is 1. The molecule has 1 saturated heterocycles. The van der Waals surface area contributed by atoms with Gasteiger partial charge in [0.25, 0.3) is 5.91 Å². The van der Waals surface area contributed by atoms with Gasteiger partial charge in [-0.3, -0.25) is 9.69 Å². The number of likely N-dealkylation sites (N-methyl/N-ethyl adjacent to an activating group) is 1. The first-order valence-corrected chi connectivity index (χ1v) is 12.6. The Labute approximate surface area is 220 Å². The molecule has 9 nitrogen and oxygen atoms in total. The molecular formula is C28H31FN6O3. The molecule has 1 amide bonds. The summed E-state index contributed by atoms with van der Waals surface area (Å²) < 4.78 is 28.5. The molecule has 0 unspecified atom stereocenters. The highest BCUT2D eigenvalue weighted by Crippen LogP contribution is 2.33. The summed E-state index contributed by atoms with van der Waals surface area (Å²) in [7, 11) is 2.13. The van der Waals surface area contributed by atoms with E-state index in [0.717, 1.165) is 43.9 Å². The van der Waals surface area contributed by atoms with Crippen LogP contribution in [-0.4, -0.2) is 76.7 Å². The third-order valence-corrected chi connectivity index (χ3v) is 6.68. The molecule has 3 heterocycles. The van der Waals surface area contributed by atoms with Gasteiger partial charge in [-0.15, -0.1) is 0 Å². The average Bonchev–Trinajstić information content (AvgIpc) is 3.23. The number of carbonyl (C=O) groups excluding carboxylic acids is 1. The zero-order chi connectivity index (χ0) is 26.6. The molecule has 10 heteroatoms. The van der Waals surface area contributed by atoms with Crippen LogP contribution in [0.5, 0.6) is 17.4 Å². The lowest BCUT2D eigenvalue weighted by atomic mass is 10.1. The van der Waals surface area contributed by atoms with Crippen LogP contribution in [-0.2, 0) is 0 Å². The van der Waals surface area contributed by atoms with E-state index in [2.05, 4.69) is 32.2 Å². The lowest BCUT2D eigenvalue weighted by molar-refractivity contribution is 0.102. The summed E-state index contributed by atoms with van der Waals surface area (Å²) >= 11 is 0. The summed E-state index contributed by atoms with van der Waals surface area (Å²) in [6.45, 7) is 9.37. The molecule has 1 N–H and O–H groups in total. The predicted molar refractivity (Wildman–Crippen MR) is 143 cm³/mol. The highest BCUT2D eigenvalue weighted by molar-refractivity contribution is 6.04. The topological polar surface area (TPSA) is 84.2 Å². The van der Waals surface area contributed by atoms with Crippen LogP contribution < -0.4 is 14.8 Å². The first-order chi connectivity index (χ1) is 18.4. The number of carbonyl (C=O) groups is 1. The van der Waals surface area contributed by atoms with Gasteiger partial charge >= 0.3 is 0 Å². The van der Waals surface area contributed by atoms with Gasteiger partial charge in [0.15, 0.2) is 11.6 Å². The van der Waals surface area contributed by atoms with Gasteiger partial charge in [0.05, 0.1) is 6.20 Å². The van der Waals surface area contributed by atoms with E-state index in [0.29, 0.717) is 29.1 Å². The number of hydrogen-bond acceptors (Lipinski definition) is 7. The number of anilines is 1. The second-order valence-corrected chi connectivity index (χ2v) is 9.54. The Kier molecular flexibility index (Phi) is 7.52. The van der Waals surface area contributed by atoms with E-state index < -0.39 is 5.82 Å². The number of hydrogen-bond donors (Lipinski definition) is 1. The van der Waals surface area contributed by atoms with E-state index in [1.165, 1.54) is 18.5 Å². The van der Waals surface area contributed by atoms with Crippen molar-refractivity contribution in [1.82, 2.24) is 24.4 Å². The first-order valence-electron chi connectivity index (χ1n) is 12.6. The normalized spacial score (nSPS) is 14.5. The van der Waals surface area contributed by atoms with Crippen molar-refractivity contribution in [2.24, 2.45) is 0 Å². The Morgan fingerprint density at radius 2 is 1.89 bits per heavy atom. The third kappa shape index (κ3) is 5.76. The van der Waals surface area contributed by atoms with E-state index in [-0.39, 0.29) is 17.5 Å². The Hall–Kier alpha value is -4.02. The number of fused-ring (bicyclic) bond motifs is 1. The third-order valence-electron chi connectivity index (χ3n) is 6.68. The Morgan fingerprint density at radius 3 is 2.66 bits per heavy atom. The van der Waals surface area contributed by atoms with E-state index in [4.69, 9.17) is 9.47 Å². The van der Waals surface area contributed by atoms with Crippen molar-refractivity contribution in [3.8, 4) is 17.4 Å². The van der Waals surface area contributed by atoms with Gasteiger partial charge in [-0.05, 0) is 45.2 Å². The molecule has 0 radical (unpaired) electrons. The molecule has 0 saturated carbocycles. The van der Waals surface area contributed by atoms with Crippen molar-refractivity contribution < 1.29 is 18.7 Å². The summed E-state index contributed by atoms with van der Waals surface area (Å²) in [5.41, 5.74) is 3.19. The van der Waals surface area contributed by atoms with Crippen LogP contribution in [0.2, 0.25) is 0 Å². The maximum Gasteiger partial charge on any atom is 0.255 e. The second kappa shape index (κ2) is 11.2. The molecule has 0 spiro atoms. The van der Waals surface area contributed by atoms with Crippen LogP contribution in [0.4, 0.5) is 10.1 Å². The van der Waals surface area contributed by atoms with E-state index >= 15 is 0 Å². The van der Waals surface area contributed by atoms with Gasteiger partial charge in [0.2, 0.25) is 5.88 Å². The maximum atomic E-state index is 15.0. The zero-order valence-electron chi connectivity index (χ0n) is 21.8. The number of piperazine rings is 1. The fourth-order valence-corrected chi connectivity index (χ4v) is 4.44. The van der Waals surface area contributed by atoms with Crippen molar-refractivity contribution in [3.05, 3.63) is 77.5 Å². The molecule has 1 fully saturated rings. The van der Waals surface area contributed by atoms with Gasteiger partial charge < -0.3 is 19.7 Å². The Balaban J connectivity index is 1.27. The van der Waals surface area contributed by atoms with Gasteiger partial charge in [0.1, 0.15) is 24.2 Å². The molecular weight excluding hydrogens is 487 g/mol. The summed E-state index contributed by atoms with van der Waals surface area (Å²) in [5.74, 6) is -0.0711. The summed E-state index contributed by atoms with van der Waals surface area (Å²) in [6, 6.07) is 11.5. The Morgan fingerprint density at radius 1 is 1.08 bits per heavy atom. The molecule has 1 aliphatic rings. The molecule has 0 bridgehead atoms. The van der Waals surface area contributed by atoms with Crippen molar-refractivity contribution in [1.29, 1.82) is 0 Å². The number of ether oxygens (including phenoxy) is 2. The van der Waals surface area contributed by atoms with Crippen LogP contribution >= 0.6 is 0 Å². The fourth-order valence-electron chi connectivity index (χ4n) is 4.44. The van der Waals surface area contributed by atoms with Gasteiger partial charge in [-0.2, -0.15) is 10.1 Å². The number of nitrogens with one attached hydrogen (secondary N) is 1.